The minimum absolute atomic E-state index is 0.416. The number of hydrogen-bond donors (Lipinski definition) is 0. The first-order chi connectivity index (χ1) is 5.54. The van der Waals surface area contributed by atoms with Gasteiger partial charge in [0.25, 0.3) is 0 Å². The Balaban J connectivity index is 3.98. The first-order valence-corrected chi connectivity index (χ1v) is 8.04. The maximum atomic E-state index is 6.06. The molecule has 0 aromatic carbocycles. The molecule has 0 aromatic heterocycles. The molecule has 0 aliphatic carbocycles. The van der Waals surface area contributed by atoms with E-state index >= 15 is 0 Å². The predicted molar refractivity (Wildman–Crippen MR) is 58.0 cm³/mol. The molecule has 0 bridgehead atoms. The molecule has 0 amide bonds. The molecule has 1 nitrogen and oxygen atoms in total. The van der Waals surface area contributed by atoms with Gasteiger partial charge in [0.2, 0.25) is 0 Å². The normalized spacial score (nSPS) is 12.5. The van der Waals surface area contributed by atoms with Crippen LogP contribution in [0.5, 0.6) is 0 Å². The highest BCUT2D eigenvalue weighted by Gasteiger charge is 2.27. The molecular formula is C10H24OSi. The second-order valence-electron chi connectivity index (χ2n) is 4.12. The van der Waals surface area contributed by atoms with Crippen LogP contribution >= 0.6 is 0 Å². The molecule has 0 radical (unpaired) electrons. The molecule has 0 aliphatic heterocycles. The second-order valence-corrected chi connectivity index (χ2v) is 8.25. The van der Waals surface area contributed by atoms with E-state index in [2.05, 4.69) is 34.2 Å². The quantitative estimate of drug-likeness (QED) is 0.576. The highest BCUT2D eigenvalue weighted by Crippen LogP contribution is 2.22. The third-order valence-electron chi connectivity index (χ3n) is 2.08. The maximum Gasteiger partial charge on any atom is 0.190 e. The van der Waals surface area contributed by atoms with Crippen molar-refractivity contribution in [2.45, 2.75) is 65.3 Å². The fourth-order valence-electron chi connectivity index (χ4n) is 1.87. The lowest BCUT2D eigenvalue weighted by Gasteiger charge is -2.29. The Labute approximate surface area is 78.6 Å². The van der Waals surface area contributed by atoms with Gasteiger partial charge in [0.05, 0.1) is 0 Å². The average molecular weight is 188 g/mol. The van der Waals surface area contributed by atoms with Crippen LogP contribution in [-0.4, -0.2) is 14.4 Å². The summed E-state index contributed by atoms with van der Waals surface area (Å²) >= 11 is 0. The Bertz CT molecular complexity index is 106. The van der Waals surface area contributed by atoms with Gasteiger partial charge in [0, 0.05) is 6.10 Å². The largest absolute Gasteiger partial charge is 0.415 e. The third kappa shape index (κ3) is 4.94. The van der Waals surface area contributed by atoms with Gasteiger partial charge in [-0.15, -0.1) is 0 Å². The van der Waals surface area contributed by atoms with Gasteiger partial charge in [-0.3, -0.25) is 0 Å². The summed E-state index contributed by atoms with van der Waals surface area (Å²) in [6.45, 7) is 11.2. The molecule has 74 valence electrons. The van der Waals surface area contributed by atoms with Gasteiger partial charge in [0.15, 0.2) is 8.32 Å². The van der Waals surface area contributed by atoms with E-state index in [4.69, 9.17) is 4.43 Å². The van der Waals surface area contributed by atoms with Gasteiger partial charge < -0.3 is 4.43 Å². The van der Waals surface area contributed by atoms with Crippen LogP contribution in [0, 0.1) is 0 Å². The molecule has 0 unspecified atom stereocenters. The van der Waals surface area contributed by atoms with Crippen molar-refractivity contribution in [2.24, 2.45) is 0 Å². The van der Waals surface area contributed by atoms with Crippen LogP contribution in [0.2, 0.25) is 18.6 Å². The first kappa shape index (κ1) is 12.2. The topological polar surface area (TPSA) is 9.23 Å². The van der Waals surface area contributed by atoms with E-state index in [1.54, 1.807) is 0 Å². The van der Waals surface area contributed by atoms with Crippen molar-refractivity contribution in [1.29, 1.82) is 0 Å². The van der Waals surface area contributed by atoms with Crippen molar-refractivity contribution >= 4 is 8.32 Å². The Kier molecular flexibility index (Phi) is 5.84. The average Bonchev–Trinajstić information content (AvgIpc) is 1.85. The van der Waals surface area contributed by atoms with Crippen LogP contribution in [0.1, 0.15) is 40.5 Å². The van der Waals surface area contributed by atoms with Crippen LogP contribution in [-0.2, 0) is 4.43 Å². The summed E-state index contributed by atoms with van der Waals surface area (Å²) in [5, 5.41) is 0. The SMILES string of the molecule is CCC[Si](C)(CCC)OC(C)C. The lowest BCUT2D eigenvalue weighted by atomic mass is 10.5. The molecule has 0 atom stereocenters. The Morgan fingerprint density at radius 2 is 1.50 bits per heavy atom. The standard InChI is InChI=1S/C10H24OSi/c1-6-8-12(5,9-7-2)11-10(3)4/h10H,6-9H2,1-5H3. The zero-order valence-corrected chi connectivity index (χ0v) is 10.3. The van der Waals surface area contributed by atoms with Crippen molar-refractivity contribution in [3.05, 3.63) is 0 Å². The summed E-state index contributed by atoms with van der Waals surface area (Å²) in [6.07, 6.45) is 2.96. The Hall–Kier alpha value is 0.177. The molecule has 0 aliphatic rings. The zero-order valence-electron chi connectivity index (χ0n) is 9.31. The smallest absolute Gasteiger partial charge is 0.190 e. The van der Waals surface area contributed by atoms with Gasteiger partial charge in [-0.1, -0.05) is 26.7 Å². The van der Waals surface area contributed by atoms with Crippen molar-refractivity contribution < 1.29 is 4.43 Å². The van der Waals surface area contributed by atoms with E-state index in [0.29, 0.717) is 6.10 Å². The van der Waals surface area contributed by atoms with E-state index in [-0.39, 0.29) is 0 Å². The highest BCUT2D eigenvalue weighted by atomic mass is 28.4. The van der Waals surface area contributed by atoms with Crippen molar-refractivity contribution in [1.82, 2.24) is 0 Å². The lowest BCUT2D eigenvalue weighted by Crippen LogP contribution is -2.36. The molecule has 2 heteroatoms. The molecule has 0 saturated heterocycles. The summed E-state index contributed by atoms with van der Waals surface area (Å²) in [6, 6.07) is 2.64. The summed E-state index contributed by atoms with van der Waals surface area (Å²) in [4.78, 5) is 0. The molecule has 0 fully saturated rings. The Morgan fingerprint density at radius 3 is 1.75 bits per heavy atom. The van der Waals surface area contributed by atoms with Crippen LogP contribution in [0.25, 0.3) is 0 Å². The maximum absolute atomic E-state index is 6.06. The van der Waals surface area contributed by atoms with Crippen molar-refractivity contribution in [2.75, 3.05) is 0 Å². The molecule has 0 spiro atoms. The Morgan fingerprint density at radius 1 is 1.08 bits per heavy atom. The van der Waals surface area contributed by atoms with Gasteiger partial charge in [0.1, 0.15) is 0 Å². The van der Waals surface area contributed by atoms with Gasteiger partial charge in [-0.25, -0.2) is 0 Å². The first-order valence-electron chi connectivity index (χ1n) is 5.22. The van der Waals surface area contributed by atoms with Crippen molar-refractivity contribution in [3.8, 4) is 0 Å². The monoisotopic (exact) mass is 188 g/mol. The third-order valence-corrected chi connectivity index (χ3v) is 6.23. The fraction of sp³-hybridized carbons (Fsp3) is 1.00. The zero-order chi connectivity index (χ0) is 9.61. The van der Waals surface area contributed by atoms with Gasteiger partial charge in [-0.05, 0) is 32.5 Å². The van der Waals surface area contributed by atoms with Gasteiger partial charge >= 0.3 is 0 Å². The lowest BCUT2D eigenvalue weighted by molar-refractivity contribution is 0.227. The summed E-state index contributed by atoms with van der Waals surface area (Å²) in [7, 11) is -1.31. The van der Waals surface area contributed by atoms with Crippen LogP contribution in [0.15, 0.2) is 0 Å². The molecule has 0 aromatic rings. The molecule has 0 saturated carbocycles. The van der Waals surface area contributed by atoms with E-state index < -0.39 is 8.32 Å². The molecule has 0 N–H and O–H groups in total. The molecule has 12 heavy (non-hydrogen) atoms. The van der Waals surface area contributed by atoms with Crippen LogP contribution in [0.3, 0.4) is 0 Å². The minimum Gasteiger partial charge on any atom is -0.415 e. The van der Waals surface area contributed by atoms with E-state index in [1.165, 1.54) is 24.9 Å². The van der Waals surface area contributed by atoms with Crippen LogP contribution in [0.4, 0.5) is 0 Å². The number of hydrogen-bond acceptors (Lipinski definition) is 1. The predicted octanol–water partition coefficient (Wildman–Crippen LogP) is 3.81. The van der Waals surface area contributed by atoms with Crippen LogP contribution < -0.4 is 0 Å². The second kappa shape index (κ2) is 5.76. The summed E-state index contributed by atoms with van der Waals surface area (Å²) in [5.41, 5.74) is 0. The fourth-order valence-corrected chi connectivity index (χ4v) is 5.61. The van der Waals surface area contributed by atoms with E-state index in [1.807, 2.05) is 0 Å². The van der Waals surface area contributed by atoms with Gasteiger partial charge in [-0.2, -0.15) is 0 Å². The molecule has 0 heterocycles. The minimum atomic E-state index is -1.31. The van der Waals surface area contributed by atoms with E-state index in [9.17, 15) is 0 Å². The van der Waals surface area contributed by atoms with E-state index in [0.717, 1.165) is 0 Å². The summed E-state index contributed by atoms with van der Waals surface area (Å²) < 4.78 is 6.06. The summed E-state index contributed by atoms with van der Waals surface area (Å²) in [5.74, 6) is 0. The van der Waals surface area contributed by atoms with Crippen molar-refractivity contribution in [3.63, 3.8) is 0 Å². The molecular weight excluding hydrogens is 164 g/mol. The highest BCUT2D eigenvalue weighted by molar-refractivity contribution is 6.72. The number of rotatable bonds is 6. The molecule has 0 rings (SSSR count).